The molecule has 1 aliphatic heterocycles. The van der Waals surface area contributed by atoms with E-state index in [0.29, 0.717) is 22.8 Å². The monoisotopic (exact) mass is 335 g/mol. The van der Waals surface area contributed by atoms with Crippen LogP contribution in [0.5, 0.6) is 17.2 Å². The average Bonchev–Trinajstić information content (AvgIpc) is 3.03. The molecule has 0 bridgehead atoms. The Kier molecular flexibility index (Phi) is 4.14. The van der Waals surface area contributed by atoms with E-state index in [1.165, 1.54) is 19.2 Å². The molecule has 2 aromatic carbocycles. The molecule has 0 fully saturated rings. The third kappa shape index (κ3) is 2.85. The molecule has 0 radical (unpaired) electrons. The summed E-state index contributed by atoms with van der Waals surface area (Å²) < 4.78 is 41.3. The van der Waals surface area contributed by atoms with E-state index in [9.17, 15) is 8.42 Å². The highest BCUT2D eigenvalue weighted by Crippen LogP contribution is 2.37. The maximum Gasteiger partial charge on any atom is 0.231 e. The molecule has 1 atom stereocenters. The average molecular weight is 335 g/mol. The van der Waals surface area contributed by atoms with E-state index in [2.05, 4.69) is 0 Å². The molecular weight excluding hydrogens is 318 g/mol. The van der Waals surface area contributed by atoms with Crippen LogP contribution in [0.2, 0.25) is 0 Å². The van der Waals surface area contributed by atoms with Gasteiger partial charge in [-0.2, -0.15) is 0 Å². The Labute approximate surface area is 134 Å². The van der Waals surface area contributed by atoms with Crippen LogP contribution in [0, 0.1) is 0 Å². The van der Waals surface area contributed by atoms with Gasteiger partial charge in [0.05, 0.1) is 12.0 Å². The van der Waals surface area contributed by atoms with Crippen LogP contribution < -0.4 is 19.9 Å². The van der Waals surface area contributed by atoms with Gasteiger partial charge in [0.15, 0.2) is 21.3 Å². The minimum absolute atomic E-state index is 0.0337. The molecule has 6 nitrogen and oxygen atoms in total. The molecule has 0 amide bonds. The van der Waals surface area contributed by atoms with E-state index in [0.717, 1.165) is 0 Å². The fourth-order valence-corrected chi connectivity index (χ4v) is 4.09. The topological polar surface area (TPSA) is 87.9 Å². The van der Waals surface area contributed by atoms with Crippen LogP contribution in [0.1, 0.15) is 10.8 Å². The lowest BCUT2D eigenvalue weighted by Gasteiger charge is -2.17. The van der Waals surface area contributed by atoms with Crippen LogP contribution in [0.4, 0.5) is 0 Å². The van der Waals surface area contributed by atoms with Crippen LogP contribution in [0.3, 0.4) is 0 Å². The second kappa shape index (κ2) is 6.10. The fourth-order valence-electron chi connectivity index (χ4n) is 2.48. The van der Waals surface area contributed by atoms with E-state index in [-0.39, 0.29) is 18.2 Å². The molecule has 0 aliphatic carbocycles. The van der Waals surface area contributed by atoms with Gasteiger partial charge in [-0.05, 0) is 42.0 Å². The fraction of sp³-hybridized carbons (Fsp3) is 0.250. The van der Waals surface area contributed by atoms with E-state index in [1.54, 1.807) is 30.3 Å². The lowest BCUT2D eigenvalue weighted by molar-refractivity contribution is 0.174. The number of sulfone groups is 1. The Morgan fingerprint density at radius 3 is 2.48 bits per heavy atom. The van der Waals surface area contributed by atoms with Crippen LogP contribution in [-0.2, 0) is 9.84 Å². The summed E-state index contributed by atoms with van der Waals surface area (Å²) in [5.41, 5.74) is 6.33. The van der Waals surface area contributed by atoms with Gasteiger partial charge in [0.1, 0.15) is 11.0 Å². The van der Waals surface area contributed by atoms with Gasteiger partial charge in [0.2, 0.25) is 6.79 Å². The SMILES string of the molecule is COc1ccc(S(=O)(=O)C(CN)c2ccc3c(c2)OCO3)cc1. The Morgan fingerprint density at radius 2 is 1.83 bits per heavy atom. The molecule has 1 unspecified atom stereocenters. The maximum atomic E-state index is 12.9. The largest absolute Gasteiger partial charge is 0.497 e. The Hall–Kier alpha value is -2.25. The number of nitrogens with two attached hydrogens (primary N) is 1. The van der Waals surface area contributed by atoms with E-state index < -0.39 is 15.1 Å². The quantitative estimate of drug-likeness (QED) is 0.898. The number of hydrogen-bond donors (Lipinski definition) is 1. The lowest BCUT2D eigenvalue weighted by Crippen LogP contribution is -2.22. The van der Waals surface area contributed by atoms with Gasteiger partial charge in [0, 0.05) is 6.54 Å². The van der Waals surface area contributed by atoms with E-state index in [4.69, 9.17) is 19.9 Å². The van der Waals surface area contributed by atoms with Crippen molar-refractivity contribution in [1.82, 2.24) is 0 Å². The molecule has 0 aromatic heterocycles. The molecule has 0 saturated carbocycles. The summed E-state index contributed by atoms with van der Waals surface area (Å²) in [5.74, 6) is 1.73. The third-order valence-corrected chi connectivity index (χ3v) is 5.89. The summed E-state index contributed by atoms with van der Waals surface area (Å²) in [5, 5.41) is -0.856. The number of methoxy groups -OCH3 is 1. The number of hydrogen-bond acceptors (Lipinski definition) is 6. The molecule has 1 heterocycles. The van der Waals surface area contributed by atoms with Crippen molar-refractivity contribution in [3.8, 4) is 17.2 Å². The number of ether oxygens (including phenoxy) is 3. The molecule has 122 valence electrons. The van der Waals surface area contributed by atoms with Gasteiger partial charge >= 0.3 is 0 Å². The van der Waals surface area contributed by atoms with Crippen molar-refractivity contribution in [1.29, 1.82) is 0 Å². The van der Waals surface area contributed by atoms with Crippen molar-refractivity contribution in [2.45, 2.75) is 10.1 Å². The first-order chi connectivity index (χ1) is 11.1. The zero-order chi connectivity index (χ0) is 16.4. The Bertz CT molecular complexity index is 802. The van der Waals surface area contributed by atoms with Gasteiger partial charge in [0.25, 0.3) is 0 Å². The zero-order valence-electron chi connectivity index (χ0n) is 12.6. The molecule has 0 spiro atoms. The molecular formula is C16H17NO5S. The van der Waals surface area contributed by atoms with E-state index >= 15 is 0 Å². The second-order valence-electron chi connectivity index (χ2n) is 5.06. The first kappa shape index (κ1) is 15.6. The van der Waals surface area contributed by atoms with Gasteiger partial charge in [-0.1, -0.05) is 6.07 Å². The van der Waals surface area contributed by atoms with Crippen molar-refractivity contribution in [3.05, 3.63) is 48.0 Å². The second-order valence-corrected chi connectivity index (χ2v) is 7.19. The van der Waals surface area contributed by atoms with Crippen molar-refractivity contribution in [2.75, 3.05) is 20.4 Å². The van der Waals surface area contributed by atoms with Crippen molar-refractivity contribution in [2.24, 2.45) is 5.73 Å². The summed E-state index contributed by atoms with van der Waals surface area (Å²) in [7, 11) is -2.10. The van der Waals surface area contributed by atoms with Crippen molar-refractivity contribution < 1.29 is 22.6 Å². The van der Waals surface area contributed by atoms with Crippen molar-refractivity contribution >= 4 is 9.84 Å². The smallest absolute Gasteiger partial charge is 0.231 e. The first-order valence-corrected chi connectivity index (χ1v) is 8.58. The summed E-state index contributed by atoms with van der Waals surface area (Å²) in [6, 6.07) is 11.3. The molecule has 2 aromatic rings. The number of fused-ring (bicyclic) bond motifs is 1. The molecule has 1 aliphatic rings. The summed E-state index contributed by atoms with van der Waals surface area (Å²) in [6.45, 7) is 0.102. The predicted octanol–water partition coefficient (Wildman–Crippen LogP) is 1.90. The highest BCUT2D eigenvalue weighted by atomic mass is 32.2. The maximum absolute atomic E-state index is 12.9. The molecule has 2 N–H and O–H groups in total. The van der Waals surface area contributed by atoms with Gasteiger partial charge < -0.3 is 19.9 Å². The molecule has 3 rings (SSSR count). The highest BCUT2D eigenvalue weighted by Gasteiger charge is 2.29. The van der Waals surface area contributed by atoms with Crippen molar-refractivity contribution in [3.63, 3.8) is 0 Å². The third-order valence-electron chi connectivity index (χ3n) is 3.75. The lowest BCUT2D eigenvalue weighted by atomic mass is 10.1. The first-order valence-electron chi connectivity index (χ1n) is 7.04. The van der Waals surface area contributed by atoms with E-state index in [1.807, 2.05) is 0 Å². The standard InChI is InChI=1S/C16H17NO5S/c1-20-12-3-5-13(6-4-12)23(18,19)16(9-17)11-2-7-14-15(8-11)22-10-21-14/h2-8,16H,9-10,17H2,1H3. The predicted molar refractivity (Wildman–Crippen MR) is 84.5 cm³/mol. The van der Waals surface area contributed by atoms with Gasteiger partial charge in [-0.25, -0.2) is 8.42 Å². The van der Waals surface area contributed by atoms with Crippen LogP contribution in [-0.4, -0.2) is 28.9 Å². The van der Waals surface area contributed by atoms with Gasteiger partial charge in [-0.3, -0.25) is 0 Å². The highest BCUT2D eigenvalue weighted by molar-refractivity contribution is 7.91. The van der Waals surface area contributed by atoms with Crippen LogP contribution in [0.25, 0.3) is 0 Å². The summed E-state index contributed by atoms with van der Waals surface area (Å²) in [6.07, 6.45) is 0. The molecule has 7 heteroatoms. The van der Waals surface area contributed by atoms with Crippen LogP contribution >= 0.6 is 0 Å². The minimum Gasteiger partial charge on any atom is -0.497 e. The normalized spacial score (nSPS) is 14.5. The molecule has 23 heavy (non-hydrogen) atoms. The number of benzene rings is 2. The summed E-state index contributed by atoms with van der Waals surface area (Å²) in [4.78, 5) is 0.200. The Morgan fingerprint density at radius 1 is 1.13 bits per heavy atom. The van der Waals surface area contributed by atoms with Gasteiger partial charge in [-0.15, -0.1) is 0 Å². The summed E-state index contributed by atoms with van der Waals surface area (Å²) >= 11 is 0. The zero-order valence-corrected chi connectivity index (χ0v) is 13.4. The minimum atomic E-state index is -3.62. The molecule has 0 saturated heterocycles. The number of rotatable bonds is 5. The Balaban J connectivity index is 1.98. The van der Waals surface area contributed by atoms with Crippen LogP contribution in [0.15, 0.2) is 47.4 Å².